The Labute approximate surface area is 81.1 Å². The van der Waals surface area contributed by atoms with E-state index in [4.69, 9.17) is 4.55 Å². The summed E-state index contributed by atoms with van der Waals surface area (Å²) < 4.78 is 28.3. The predicted molar refractivity (Wildman–Crippen MR) is 43.9 cm³/mol. The predicted octanol–water partition coefficient (Wildman–Crippen LogP) is 0.909. The molecule has 0 atom stereocenters. The Kier molecular flexibility index (Phi) is 8.49. The van der Waals surface area contributed by atoms with Gasteiger partial charge in [0.2, 0.25) is 0 Å². The van der Waals surface area contributed by atoms with Crippen molar-refractivity contribution in [2.24, 2.45) is 0 Å². The topological polar surface area (TPSA) is 54.4 Å². The fraction of sp³-hybridized carbons (Fsp3) is 1.00. The zero-order valence-corrected chi connectivity index (χ0v) is 8.44. The minimum Gasteiger partial charge on any atom is -1.00 e. The van der Waals surface area contributed by atoms with Gasteiger partial charge in [0.1, 0.15) is 0 Å². The molecule has 0 amide bonds. The Hall–Kier alpha value is 0.676. The molecule has 10 heavy (non-hydrogen) atoms. The van der Waals surface area contributed by atoms with E-state index in [1.807, 2.05) is 6.92 Å². The third kappa shape index (κ3) is 11.5. The molecule has 0 spiro atoms. The van der Waals surface area contributed by atoms with Crippen molar-refractivity contribution in [1.29, 1.82) is 0 Å². The molecule has 0 unspecified atom stereocenters. The molecule has 0 aromatic heterocycles. The van der Waals surface area contributed by atoms with Crippen LogP contribution in [0.15, 0.2) is 0 Å². The first-order valence-electron chi connectivity index (χ1n) is 3.01. The fourth-order valence-corrected chi connectivity index (χ4v) is 1.10. The second-order valence-electron chi connectivity index (χ2n) is 1.99. The zero-order chi connectivity index (χ0) is 7.33. The van der Waals surface area contributed by atoms with E-state index in [9.17, 15) is 8.42 Å². The van der Waals surface area contributed by atoms with Gasteiger partial charge in [-0.25, -0.2) is 0 Å². The van der Waals surface area contributed by atoms with Crippen LogP contribution in [0.3, 0.4) is 0 Å². The Bertz CT molecular complexity index is 160. The van der Waals surface area contributed by atoms with Gasteiger partial charge in [0.05, 0.1) is 5.75 Å². The first-order chi connectivity index (χ1) is 4.06. The van der Waals surface area contributed by atoms with E-state index in [0.717, 1.165) is 12.8 Å². The van der Waals surface area contributed by atoms with Gasteiger partial charge in [-0.05, 0) is 6.42 Å². The monoisotopic (exact) mass is 178 g/mol. The van der Waals surface area contributed by atoms with Crippen LogP contribution in [0.1, 0.15) is 29.0 Å². The SMILES string of the molecule is CCCCCS(=O)(=O)O.[H-].[H-].[Mg+2]. The molecular weight excluding hydrogens is 164 g/mol. The number of unbranched alkanes of at least 4 members (excludes halogenated alkanes) is 2. The summed E-state index contributed by atoms with van der Waals surface area (Å²) in [4.78, 5) is 0. The number of hydrogen-bond acceptors (Lipinski definition) is 2. The molecule has 0 aromatic carbocycles. The Balaban J connectivity index is -0.000000107. The molecule has 1 N–H and O–H groups in total. The van der Waals surface area contributed by atoms with Crippen molar-refractivity contribution in [2.75, 3.05) is 5.75 Å². The second kappa shape index (κ2) is 6.39. The number of hydrogen-bond donors (Lipinski definition) is 1. The molecule has 0 fully saturated rings. The van der Waals surface area contributed by atoms with Crippen LogP contribution in [0.5, 0.6) is 0 Å². The van der Waals surface area contributed by atoms with Gasteiger partial charge in [0.25, 0.3) is 10.1 Å². The number of rotatable bonds is 4. The fourth-order valence-electron chi connectivity index (χ4n) is 0.534. The van der Waals surface area contributed by atoms with Crippen LogP contribution in [0, 0.1) is 0 Å². The average molecular weight is 179 g/mol. The Morgan fingerprint density at radius 3 is 2.20 bits per heavy atom. The van der Waals surface area contributed by atoms with Gasteiger partial charge in [-0.3, -0.25) is 4.55 Å². The minimum absolute atomic E-state index is 0. The van der Waals surface area contributed by atoms with E-state index in [1.54, 1.807) is 0 Å². The third-order valence-corrected chi connectivity index (χ3v) is 1.81. The molecular formula is C5H14MgO3S. The van der Waals surface area contributed by atoms with Crippen LogP contribution in [0.2, 0.25) is 0 Å². The maximum absolute atomic E-state index is 10.1. The first-order valence-corrected chi connectivity index (χ1v) is 4.62. The van der Waals surface area contributed by atoms with Gasteiger partial charge in [0.15, 0.2) is 0 Å². The molecule has 0 rings (SSSR count). The molecule has 3 nitrogen and oxygen atoms in total. The van der Waals surface area contributed by atoms with Crippen LogP contribution in [-0.2, 0) is 10.1 Å². The summed E-state index contributed by atoms with van der Waals surface area (Å²) in [5.74, 6) is -0.0964. The molecule has 0 aromatic rings. The maximum atomic E-state index is 10.1. The zero-order valence-electron chi connectivity index (χ0n) is 8.21. The van der Waals surface area contributed by atoms with Crippen LogP contribution < -0.4 is 0 Å². The summed E-state index contributed by atoms with van der Waals surface area (Å²) in [7, 11) is -3.70. The van der Waals surface area contributed by atoms with Gasteiger partial charge in [-0.2, -0.15) is 8.42 Å². The summed E-state index contributed by atoms with van der Waals surface area (Å²) in [5.41, 5.74) is 0. The van der Waals surface area contributed by atoms with Crippen molar-refractivity contribution < 1.29 is 15.8 Å². The molecule has 0 radical (unpaired) electrons. The van der Waals surface area contributed by atoms with Gasteiger partial charge in [-0.15, -0.1) is 0 Å². The Morgan fingerprint density at radius 1 is 1.40 bits per heavy atom. The van der Waals surface area contributed by atoms with Crippen molar-refractivity contribution in [2.45, 2.75) is 26.2 Å². The molecule has 0 saturated carbocycles. The van der Waals surface area contributed by atoms with Crippen molar-refractivity contribution in [3.63, 3.8) is 0 Å². The first kappa shape index (κ1) is 13.3. The summed E-state index contributed by atoms with van der Waals surface area (Å²) in [5, 5.41) is 0. The molecule has 0 saturated heterocycles. The van der Waals surface area contributed by atoms with Crippen molar-refractivity contribution in [1.82, 2.24) is 0 Å². The second-order valence-corrected chi connectivity index (χ2v) is 3.57. The Morgan fingerprint density at radius 2 is 1.90 bits per heavy atom. The van der Waals surface area contributed by atoms with Crippen LogP contribution >= 0.6 is 0 Å². The van der Waals surface area contributed by atoms with E-state index in [2.05, 4.69) is 0 Å². The molecule has 0 aliphatic rings. The normalized spacial score (nSPS) is 10.6. The standard InChI is InChI=1S/C5H12O3S.Mg.2H/c1-2-3-4-5-9(6,7)8;;;/h2-5H2,1H3,(H,6,7,8);;;/q;+2;2*-1. The summed E-state index contributed by atoms with van der Waals surface area (Å²) in [6, 6.07) is 0. The summed E-state index contributed by atoms with van der Waals surface area (Å²) in [6.07, 6.45) is 2.39. The summed E-state index contributed by atoms with van der Waals surface area (Å²) >= 11 is 0. The van der Waals surface area contributed by atoms with E-state index in [-0.39, 0.29) is 31.7 Å². The largest absolute Gasteiger partial charge is 2.00 e. The van der Waals surface area contributed by atoms with E-state index in [0.29, 0.717) is 6.42 Å². The van der Waals surface area contributed by atoms with Gasteiger partial charge < -0.3 is 2.85 Å². The van der Waals surface area contributed by atoms with Crippen LogP contribution in [0.25, 0.3) is 0 Å². The summed E-state index contributed by atoms with van der Waals surface area (Å²) in [6.45, 7) is 1.98. The van der Waals surface area contributed by atoms with E-state index < -0.39 is 10.1 Å². The third-order valence-electron chi connectivity index (χ3n) is 1.01. The molecule has 0 aliphatic carbocycles. The average Bonchev–Trinajstić information content (AvgIpc) is 1.63. The molecule has 0 heterocycles. The molecule has 5 heteroatoms. The van der Waals surface area contributed by atoms with Gasteiger partial charge in [0, 0.05) is 0 Å². The van der Waals surface area contributed by atoms with Crippen LogP contribution in [-0.4, -0.2) is 41.8 Å². The van der Waals surface area contributed by atoms with Crippen LogP contribution in [0.4, 0.5) is 0 Å². The van der Waals surface area contributed by atoms with Gasteiger partial charge >= 0.3 is 23.1 Å². The molecule has 60 valence electrons. The maximum Gasteiger partial charge on any atom is 2.00 e. The molecule has 0 bridgehead atoms. The van der Waals surface area contributed by atoms with Crippen molar-refractivity contribution in [3.8, 4) is 0 Å². The van der Waals surface area contributed by atoms with Gasteiger partial charge in [-0.1, -0.05) is 19.8 Å². The quantitative estimate of drug-likeness (QED) is 0.396. The molecule has 0 aliphatic heterocycles. The van der Waals surface area contributed by atoms with Crippen molar-refractivity contribution in [3.05, 3.63) is 0 Å². The van der Waals surface area contributed by atoms with Crippen molar-refractivity contribution >= 4 is 33.2 Å². The minimum atomic E-state index is -3.70. The smallest absolute Gasteiger partial charge is 1.00 e. The van der Waals surface area contributed by atoms with E-state index >= 15 is 0 Å². The van der Waals surface area contributed by atoms with E-state index in [1.165, 1.54) is 0 Å².